The summed E-state index contributed by atoms with van der Waals surface area (Å²) in [5.74, 6) is -4.78. The van der Waals surface area contributed by atoms with Crippen molar-refractivity contribution in [1.82, 2.24) is 16.0 Å². The molecular weight excluding hydrogens is 506 g/mol. The van der Waals surface area contributed by atoms with E-state index in [2.05, 4.69) is 28.6 Å². The predicted octanol–water partition coefficient (Wildman–Crippen LogP) is -1.28. The van der Waals surface area contributed by atoms with E-state index in [-0.39, 0.29) is 30.8 Å². The van der Waals surface area contributed by atoms with E-state index in [4.69, 9.17) is 16.6 Å². The number of carbonyl (C=O) groups is 5. The number of rotatable bonds is 17. The second kappa shape index (κ2) is 16.4. The highest BCUT2D eigenvalue weighted by molar-refractivity contribution is 7.80. The number of hydrogen-bond acceptors (Lipinski definition) is 9. The summed E-state index contributed by atoms with van der Waals surface area (Å²) >= 11 is 3.99. The van der Waals surface area contributed by atoms with Crippen LogP contribution in [0.5, 0.6) is 5.75 Å². The number of phenols is 1. The minimum atomic E-state index is -1.47. The quantitative estimate of drug-likeness (QED) is 0.0837. The Labute approximate surface area is 219 Å². The molecule has 1 aromatic rings. The van der Waals surface area contributed by atoms with Gasteiger partial charge in [0.15, 0.2) is 0 Å². The van der Waals surface area contributed by atoms with Gasteiger partial charge in [0.05, 0.1) is 6.04 Å². The first-order chi connectivity index (χ1) is 17.5. The van der Waals surface area contributed by atoms with Crippen LogP contribution < -0.4 is 27.4 Å². The third-order valence-electron chi connectivity index (χ3n) is 5.38. The summed E-state index contributed by atoms with van der Waals surface area (Å²) in [6.07, 6.45) is 0.266. The number of nitrogens with two attached hydrogens (primary N) is 2. The Balaban J connectivity index is 3.10. The Morgan fingerprint density at radius 1 is 0.838 bits per heavy atom. The summed E-state index contributed by atoms with van der Waals surface area (Å²) in [5.41, 5.74) is 11.8. The van der Waals surface area contributed by atoms with E-state index in [1.54, 1.807) is 12.1 Å². The van der Waals surface area contributed by atoms with Crippen LogP contribution >= 0.6 is 12.6 Å². The van der Waals surface area contributed by atoms with E-state index >= 15 is 0 Å². The molecule has 0 saturated heterocycles. The number of benzene rings is 1. The first-order valence-corrected chi connectivity index (χ1v) is 12.3. The molecule has 4 atom stereocenters. The smallest absolute Gasteiger partial charge is 0.326 e. The van der Waals surface area contributed by atoms with Crippen molar-refractivity contribution < 1.29 is 39.3 Å². The van der Waals surface area contributed by atoms with Crippen molar-refractivity contribution in [3.63, 3.8) is 0 Å². The molecule has 0 aromatic heterocycles. The summed E-state index contributed by atoms with van der Waals surface area (Å²) in [5, 5.41) is 35.1. The normalized spacial score (nSPS) is 14.0. The minimum absolute atomic E-state index is 0.00461. The molecule has 3 amide bonds. The second-order valence-electron chi connectivity index (χ2n) is 8.40. The van der Waals surface area contributed by atoms with Crippen LogP contribution in [0.4, 0.5) is 0 Å². The van der Waals surface area contributed by atoms with Crippen LogP contribution in [0.2, 0.25) is 0 Å². The highest BCUT2D eigenvalue weighted by Crippen LogP contribution is 2.12. The number of carbonyl (C=O) groups excluding carboxylic acids is 3. The van der Waals surface area contributed by atoms with Gasteiger partial charge in [-0.15, -0.1) is 0 Å². The van der Waals surface area contributed by atoms with Crippen LogP contribution in [0.1, 0.15) is 37.7 Å². The number of phenolic OH excluding ortho intramolecular Hbond substituents is 1. The Morgan fingerprint density at radius 3 is 1.95 bits per heavy atom. The lowest BCUT2D eigenvalue weighted by molar-refractivity contribution is -0.143. The van der Waals surface area contributed by atoms with Crippen molar-refractivity contribution in [2.24, 2.45) is 11.5 Å². The average molecular weight is 542 g/mol. The molecule has 14 heteroatoms. The van der Waals surface area contributed by atoms with Gasteiger partial charge in [-0.25, -0.2) is 4.79 Å². The molecule has 0 saturated carbocycles. The zero-order chi connectivity index (χ0) is 28.0. The van der Waals surface area contributed by atoms with Gasteiger partial charge in [0.2, 0.25) is 17.7 Å². The summed E-state index contributed by atoms with van der Waals surface area (Å²) in [6, 6.07) is 1.15. The van der Waals surface area contributed by atoms with Crippen LogP contribution in [0.3, 0.4) is 0 Å². The first kappa shape index (κ1) is 31.7. The Bertz CT molecular complexity index is 930. The zero-order valence-corrected chi connectivity index (χ0v) is 21.2. The number of nitrogens with one attached hydrogen (secondary N) is 3. The molecule has 0 fully saturated rings. The van der Waals surface area contributed by atoms with Crippen LogP contribution in [0, 0.1) is 0 Å². The van der Waals surface area contributed by atoms with Crippen molar-refractivity contribution in [1.29, 1.82) is 0 Å². The predicted molar refractivity (Wildman–Crippen MR) is 137 cm³/mol. The molecule has 206 valence electrons. The average Bonchev–Trinajstić information content (AvgIpc) is 2.85. The Kier molecular flexibility index (Phi) is 14.0. The maximum absolute atomic E-state index is 13.2. The van der Waals surface area contributed by atoms with Gasteiger partial charge in [-0.3, -0.25) is 19.2 Å². The highest BCUT2D eigenvalue weighted by atomic mass is 32.1. The number of carboxylic acids is 2. The minimum Gasteiger partial charge on any atom is -0.508 e. The molecule has 0 heterocycles. The van der Waals surface area contributed by atoms with Gasteiger partial charge in [-0.1, -0.05) is 12.1 Å². The monoisotopic (exact) mass is 541 g/mol. The zero-order valence-electron chi connectivity index (χ0n) is 20.3. The fourth-order valence-electron chi connectivity index (χ4n) is 3.27. The number of thiol groups is 1. The number of carboxylic acid groups (broad SMARTS) is 2. The van der Waals surface area contributed by atoms with Crippen LogP contribution in [0.25, 0.3) is 0 Å². The highest BCUT2D eigenvalue weighted by Gasteiger charge is 2.30. The molecule has 0 spiro atoms. The summed E-state index contributed by atoms with van der Waals surface area (Å²) in [6.45, 7) is 0.333. The molecule has 0 radical (unpaired) electrons. The van der Waals surface area contributed by atoms with E-state index in [1.807, 2.05) is 0 Å². The Hall–Kier alpha value is -3.36. The second-order valence-corrected chi connectivity index (χ2v) is 8.76. The summed E-state index contributed by atoms with van der Waals surface area (Å²) < 4.78 is 0. The van der Waals surface area contributed by atoms with E-state index in [1.165, 1.54) is 12.1 Å². The molecule has 0 aliphatic rings. The molecule has 0 aliphatic carbocycles. The third-order valence-corrected chi connectivity index (χ3v) is 5.78. The summed E-state index contributed by atoms with van der Waals surface area (Å²) in [7, 11) is 0. The number of amides is 3. The molecule has 13 nitrogen and oxygen atoms in total. The molecular formula is C23H35N5O8S. The Morgan fingerprint density at radius 2 is 1.41 bits per heavy atom. The number of unbranched alkanes of at least 4 members (excludes halogenated alkanes) is 1. The van der Waals surface area contributed by atoms with Gasteiger partial charge >= 0.3 is 11.9 Å². The van der Waals surface area contributed by atoms with E-state index in [0.717, 1.165) is 0 Å². The molecule has 1 rings (SSSR count). The molecule has 0 bridgehead atoms. The van der Waals surface area contributed by atoms with Crippen molar-refractivity contribution in [2.45, 2.75) is 62.7 Å². The molecule has 4 unspecified atom stereocenters. The lowest BCUT2D eigenvalue weighted by Crippen LogP contribution is -2.57. The molecule has 0 aliphatic heterocycles. The van der Waals surface area contributed by atoms with Gasteiger partial charge in [-0.05, 0) is 49.9 Å². The van der Waals surface area contributed by atoms with Crippen molar-refractivity contribution in [3.05, 3.63) is 29.8 Å². The van der Waals surface area contributed by atoms with Crippen molar-refractivity contribution >= 4 is 42.3 Å². The van der Waals surface area contributed by atoms with Crippen LogP contribution in [-0.2, 0) is 30.4 Å². The fraction of sp³-hybridized carbons (Fsp3) is 0.522. The lowest BCUT2D eigenvalue weighted by Gasteiger charge is -2.25. The lowest BCUT2D eigenvalue weighted by atomic mass is 10.0. The number of aliphatic carboxylic acids is 2. The maximum atomic E-state index is 13.2. The van der Waals surface area contributed by atoms with Crippen molar-refractivity contribution in [2.75, 3.05) is 12.3 Å². The number of hydrogen-bond donors (Lipinski definition) is 9. The topological polar surface area (TPSA) is 234 Å². The van der Waals surface area contributed by atoms with E-state index in [9.17, 15) is 34.2 Å². The third kappa shape index (κ3) is 11.9. The fourth-order valence-corrected chi connectivity index (χ4v) is 3.44. The van der Waals surface area contributed by atoms with Crippen LogP contribution in [0.15, 0.2) is 24.3 Å². The van der Waals surface area contributed by atoms with Gasteiger partial charge in [-0.2, -0.15) is 12.6 Å². The molecule has 37 heavy (non-hydrogen) atoms. The van der Waals surface area contributed by atoms with Gasteiger partial charge in [0, 0.05) is 18.6 Å². The first-order valence-electron chi connectivity index (χ1n) is 11.7. The molecule has 1 aromatic carbocycles. The van der Waals surface area contributed by atoms with E-state index in [0.29, 0.717) is 24.9 Å². The number of aromatic hydroxyl groups is 1. The van der Waals surface area contributed by atoms with Crippen LogP contribution in [-0.4, -0.2) is 81.4 Å². The molecule has 10 N–H and O–H groups in total. The van der Waals surface area contributed by atoms with Gasteiger partial charge in [0.25, 0.3) is 0 Å². The van der Waals surface area contributed by atoms with Crippen molar-refractivity contribution in [3.8, 4) is 5.75 Å². The maximum Gasteiger partial charge on any atom is 0.326 e. The van der Waals surface area contributed by atoms with Gasteiger partial charge in [0.1, 0.15) is 23.9 Å². The standard InChI is InChI=1S/C23H35N5O8S/c24-10-2-1-3-16(21(33)27-17(23(35)36)8-9-19(30)31)26-22(34)18(28-20(32)15(25)12-37)11-13-4-6-14(29)7-5-13/h4-7,15-18,29,37H,1-3,8-12,24-25H2,(H,26,34)(H,27,33)(H,28,32)(H,30,31)(H,35,36). The summed E-state index contributed by atoms with van der Waals surface area (Å²) in [4.78, 5) is 60.9. The van der Waals surface area contributed by atoms with E-state index < -0.39 is 60.2 Å². The SMILES string of the molecule is NCCCCC(NC(=O)C(Cc1ccc(O)cc1)NC(=O)C(N)CS)C(=O)NC(CCC(=O)O)C(=O)O. The largest absolute Gasteiger partial charge is 0.508 e. The van der Waals surface area contributed by atoms with Gasteiger partial charge < -0.3 is 42.7 Å².